The van der Waals surface area contributed by atoms with E-state index in [2.05, 4.69) is 10.3 Å². The number of nitrogens with zero attached hydrogens (tertiary/aromatic N) is 3. The van der Waals surface area contributed by atoms with Crippen molar-refractivity contribution in [2.45, 2.75) is 25.8 Å². The van der Waals surface area contributed by atoms with Gasteiger partial charge in [0.2, 0.25) is 11.5 Å². The summed E-state index contributed by atoms with van der Waals surface area (Å²) in [7, 11) is 5.29. The monoisotopic (exact) mass is 631 g/mol. The van der Waals surface area contributed by atoms with Gasteiger partial charge in [-0.05, 0) is 75.3 Å². The molecule has 12 nitrogen and oxygen atoms in total. The molecule has 4 bridgehead atoms. The van der Waals surface area contributed by atoms with Gasteiger partial charge in [-0.3, -0.25) is 19.2 Å². The van der Waals surface area contributed by atoms with Crippen LogP contribution < -0.4 is 25.1 Å². The second-order valence-electron chi connectivity index (χ2n) is 11.7. The van der Waals surface area contributed by atoms with E-state index >= 15 is 0 Å². The lowest BCUT2D eigenvalue weighted by atomic mass is 9.98. The Kier molecular flexibility index (Phi) is 10.6. The zero-order valence-corrected chi connectivity index (χ0v) is 26.6. The highest BCUT2D eigenvalue weighted by Crippen LogP contribution is 2.41. The highest BCUT2D eigenvalue weighted by Gasteiger charge is 2.25. The molecule has 2 N–H and O–H groups in total. The van der Waals surface area contributed by atoms with E-state index in [4.69, 9.17) is 14.2 Å². The fourth-order valence-corrected chi connectivity index (χ4v) is 5.63. The van der Waals surface area contributed by atoms with Gasteiger partial charge in [-0.15, -0.1) is 0 Å². The fraction of sp³-hybridized carbons (Fsp3) is 0.412. The van der Waals surface area contributed by atoms with Crippen LogP contribution in [0.5, 0.6) is 17.2 Å². The summed E-state index contributed by atoms with van der Waals surface area (Å²) in [6, 6.07) is 13.6. The normalized spacial score (nSPS) is 15.9. The molecular weight excluding hydrogens is 590 g/mol. The molecule has 12 heteroatoms. The average Bonchev–Trinajstić information content (AvgIpc) is 3.27. The number of methoxy groups -OCH3 is 1. The molecule has 0 aliphatic carbocycles. The van der Waals surface area contributed by atoms with Crippen molar-refractivity contribution in [3.63, 3.8) is 0 Å². The highest BCUT2D eigenvalue weighted by atomic mass is 16.5. The van der Waals surface area contributed by atoms with Crippen molar-refractivity contribution < 1.29 is 28.6 Å². The minimum atomic E-state index is -0.342. The van der Waals surface area contributed by atoms with Gasteiger partial charge in [0.1, 0.15) is 18.1 Å². The molecule has 3 aromatic rings. The van der Waals surface area contributed by atoms with Crippen LogP contribution in [0.3, 0.4) is 0 Å². The molecule has 0 atom stereocenters. The number of hydrogen-bond donors (Lipinski definition) is 2. The Morgan fingerprint density at radius 3 is 2.52 bits per heavy atom. The SMILES string of the molecule is COc1ccc2cc1-c1cc3c(c(c1)OCCCN(C(=O)c1cccc(=O)[nH]1)CCCCNC2=O)OCCN(C(=O)CN(C)C)C3. The molecule has 2 aliphatic heterocycles. The number of aromatic nitrogens is 1. The number of benzene rings is 2. The van der Waals surface area contributed by atoms with Crippen molar-refractivity contribution in [3.05, 3.63) is 75.7 Å². The van der Waals surface area contributed by atoms with Crippen LogP contribution in [0.2, 0.25) is 0 Å². The first kappa shape index (κ1) is 32.6. The van der Waals surface area contributed by atoms with E-state index in [0.29, 0.717) is 87.0 Å². The molecule has 0 saturated carbocycles. The summed E-state index contributed by atoms with van der Waals surface area (Å²) in [5.74, 6) is 1.14. The van der Waals surface area contributed by atoms with Crippen LogP contribution in [0.15, 0.2) is 53.3 Å². The maximum Gasteiger partial charge on any atom is 0.270 e. The van der Waals surface area contributed by atoms with Gasteiger partial charge >= 0.3 is 0 Å². The number of hydrogen-bond acceptors (Lipinski definition) is 8. The molecular formula is C34H41N5O7. The first-order valence-electron chi connectivity index (χ1n) is 15.5. The fourth-order valence-electron chi connectivity index (χ4n) is 5.63. The van der Waals surface area contributed by atoms with E-state index in [1.54, 1.807) is 47.2 Å². The van der Waals surface area contributed by atoms with Crippen LogP contribution in [0.1, 0.15) is 45.7 Å². The first-order valence-corrected chi connectivity index (χ1v) is 15.5. The molecule has 0 saturated heterocycles. The summed E-state index contributed by atoms with van der Waals surface area (Å²) in [5.41, 5.74) is 2.58. The third-order valence-electron chi connectivity index (χ3n) is 7.93. The lowest BCUT2D eigenvalue weighted by Crippen LogP contribution is -2.38. The van der Waals surface area contributed by atoms with Crippen LogP contribution >= 0.6 is 0 Å². The van der Waals surface area contributed by atoms with Gasteiger partial charge in [0.25, 0.3) is 11.8 Å². The summed E-state index contributed by atoms with van der Waals surface area (Å²) in [5, 5.41) is 2.98. The summed E-state index contributed by atoms with van der Waals surface area (Å²) < 4.78 is 18.2. The predicted octanol–water partition coefficient (Wildman–Crippen LogP) is 2.77. The zero-order chi connectivity index (χ0) is 32.6. The Labute approximate surface area is 268 Å². The van der Waals surface area contributed by atoms with Crippen LogP contribution in [0.25, 0.3) is 11.1 Å². The molecule has 2 aliphatic rings. The number of ether oxygens (including phenoxy) is 3. The number of carbonyl (C=O) groups is 3. The molecule has 2 aromatic carbocycles. The Morgan fingerprint density at radius 1 is 0.913 bits per heavy atom. The predicted molar refractivity (Wildman–Crippen MR) is 173 cm³/mol. The van der Waals surface area contributed by atoms with E-state index in [1.807, 2.05) is 31.1 Å². The number of fused-ring (bicyclic) bond motifs is 7. The van der Waals surface area contributed by atoms with Crippen LogP contribution in [0.4, 0.5) is 0 Å². The zero-order valence-electron chi connectivity index (χ0n) is 26.6. The molecule has 1 aromatic heterocycles. The van der Waals surface area contributed by atoms with Crippen molar-refractivity contribution >= 4 is 17.7 Å². The largest absolute Gasteiger partial charge is 0.496 e. The van der Waals surface area contributed by atoms with Crippen molar-refractivity contribution in [1.82, 2.24) is 25.0 Å². The molecule has 3 heterocycles. The quantitative estimate of drug-likeness (QED) is 0.449. The molecule has 0 spiro atoms. The second kappa shape index (κ2) is 15.0. The Hall–Kier alpha value is -4.84. The Balaban J connectivity index is 1.50. The molecule has 0 radical (unpaired) electrons. The van der Waals surface area contributed by atoms with E-state index in [-0.39, 0.29) is 42.1 Å². The van der Waals surface area contributed by atoms with Crippen LogP contribution in [-0.2, 0) is 11.3 Å². The van der Waals surface area contributed by atoms with E-state index in [0.717, 1.165) is 11.1 Å². The van der Waals surface area contributed by atoms with Crippen LogP contribution in [0, 0.1) is 0 Å². The molecule has 0 fully saturated rings. The van der Waals surface area contributed by atoms with E-state index < -0.39 is 0 Å². The summed E-state index contributed by atoms with van der Waals surface area (Å²) in [6.07, 6.45) is 1.84. The summed E-state index contributed by atoms with van der Waals surface area (Å²) in [4.78, 5) is 59.4. The second-order valence-corrected chi connectivity index (χ2v) is 11.7. The van der Waals surface area contributed by atoms with Crippen molar-refractivity contribution in [1.29, 1.82) is 0 Å². The Morgan fingerprint density at radius 2 is 1.74 bits per heavy atom. The molecule has 5 rings (SSSR count). The van der Waals surface area contributed by atoms with Gasteiger partial charge in [0.05, 0.1) is 26.8 Å². The number of nitrogens with one attached hydrogen (secondary N) is 2. The molecule has 46 heavy (non-hydrogen) atoms. The number of aromatic amines is 1. The van der Waals surface area contributed by atoms with Crippen LogP contribution in [-0.4, -0.2) is 105 Å². The van der Waals surface area contributed by atoms with Crippen molar-refractivity contribution in [2.75, 3.05) is 67.1 Å². The lowest BCUT2D eigenvalue weighted by molar-refractivity contribution is -0.132. The number of H-pyrrole nitrogens is 1. The molecule has 244 valence electrons. The average molecular weight is 632 g/mol. The minimum absolute atomic E-state index is 0.0133. The maximum atomic E-state index is 13.4. The van der Waals surface area contributed by atoms with Gasteiger partial charge in [-0.1, -0.05) is 6.07 Å². The first-order chi connectivity index (χ1) is 22.2. The topological polar surface area (TPSA) is 134 Å². The van der Waals surface area contributed by atoms with E-state index in [9.17, 15) is 19.2 Å². The summed E-state index contributed by atoms with van der Waals surface area (Å²) >= 11 is 0. The number of amides is 3. The maximum absolute atomic E-state index is 13.4. The van der Waals surface area contributed by atoms with Gasteiger partial charge in [-0.2, -0.15) is 0 Å². The third kappa shape index (κ3) is 7.86. The van der Waals surface area contributed by atoms with Gasteiger partial charge in [0, 0.05) is 48.9 Å². The number of likely N-dealkylation sites (N-methyl/N-ethyl adjacent to an activating group) is 1. The smallest absolute Gasteiger partial charge is 0.270 e. The minimum Gasteiger partial charge on any atom is -0.496 e. The van der Waals surface area contributed by atoms with Gasteiger partial charge in [0.15, 0.2) is 11.5 Å². The lowest BCUT2D eigenvalue weighted by Gasteiger charge is -2.23. The number of carbonyl (C=O) groups excluding carboxylic acids is 3. The summed E-state index contributed by atoms with van der Waals surface area (Å²) in [6.45, 7) is 2.89. The highest BCUT2D eigenvalue weighted by molar-refractivity contribution is 5.96. The number of rotatable bonds is 4. The standard InChI is InChI=1S/C34H41N5O7/c1-37(2)22-31(41)39-15-17-46-32-25(21-39)18-24-20-29(32)45-16-7-14-38(34(43)27-8-6-9-30(40)36-27)13-5-4-12-35-33(42)23-10-11-28(44-3)26(24)19-23/h6,8-11,18-20H,4-5,7,12-17,21-22H2,1-3H3,(H,35,42)(H,36,40). The third-order valence-corrected chi connectivity index (χ3v) is 7.93. The van der Waals surface area contributed by atoms with Crippen molar-refractivity contribution in [2.24, 2.45) is 0 Å². The van der Waals surface area contributed by atoms with Gasteiger partial charge in [-0.25, -0.2) is 0 Å². The molecule has 0 unspecified atom stereocenters. The number of pyridine rings is 1. The van der Waals surface area contributed by atoms with Gasteiger partial charge < -0.3 is 39.2 Å². The van der Waals surface area contributed by atoms with E-state index in [1.165, 1.54) is 6.07 Å². The Bertz CT molecular complexity index is 1640. The molecule has 3 amide bonds. The van der Waals surface area contributed by atoms with Crippen molar-refractivity contribution in [3.8, 4) is 28.4 Å².